The van der Waals surface area contributed by atoms with Crippen LogP contribution >= 0.6 is 23.2 Å². The second-order valence-electron chi connectivity index (χ2n) is 8.97. The Labute approximate surface area is 213 Å². The van der Waals surface area contributed by atoms with E-state index in [1.54, 1.807) is 36.4 Å². The molecule has 0 spiro atoms. The molecule has 1 N–H and O–H groups in total. The molecule has 1 heterocycles. The van der Waals surface area contributed by atoms with Crippen molar-refractivity contribution >= 4 is 35.1 Å². The van der Waals surface area contributed by atoms with Crippen molar-refractivity contribution in [1.82, 2.24) is 4.90 Å². The Morgan fingerprint density at radius 3 is 2.46 bits per heavy atom. The fourth-order valence-electron chi connectivity index (χ4n) is 4.35. The molecule has 0 aromatic heterocycles. The van der Waals surface area contributed by atoms with E-state index >= 15 is 0 Å². The summed E-state index contributed by atoms with van der Waals surface area (Å²) in [4.78, 5) is 26.0. The smallest absolute Gasteiger partial charge is 0.323 e. The Bertz CT molecular complexity index is 1260. The summed E-state index contributed by atoms with van der Waals surface area (Å²) < 4.78 is 20.0. The lowest BCUT2D eigenvalue weighted by Gasteiger charge is -2.24. The number of fused-ring (bicyclic) bond motifs is 1. The molecular formula is C27H24Cl2FNO4. The van der Waals surface area contributed by atoms with E-state index in [4.69, 9.17) is 27.9 Å². The van der Waals surface area contributed by atoms with Crippen molar-refractivity contribution in [1.29, 1.82) is 0 Å². The Morgan fingerprint density at radius 2 is 1.77 bits per heavy atom. The summed E-state index contributed by atoms with van der Waals surface area (Å²) in [7, 11) is 0. The van der Waals surface area contributed by atoms with Gasteiger partial charge in [-0.05, 0) is 72.5 Å². The molecule has 0 fully saturated rings. The number of ether oxygens (including phenoxy) is 1. The second kappa shape index (κ2) is 10.3. The number of carbonyl (C=O) groups is 2. The molecule has 0 unspecified atom stereocenters. The highest BCUT2D eigenvalue weighted by molar-refractivity contribution is 6.30. The van der Waals surface area contributed by atoms with Gasteiger partial charge in [0.05, 0.1) is 5.02 Å². The summed E-state index contributed by atoms with van der Waals surface area (Å²) >= 11 is 11.7. The number of benzene rings is 3. The fourth-order valence-corrected chi connectivity index (χ4v) is 4.59. The number of aliphatic carboxylic acids is 1. The molecule has 4 rings (SSSR count). The van der Waals surface area contributed by atoms with Gasteiger partial charge in [-0.25, -0.2) is 4.39 Å². The minimum absolute atomic E-state index is 0.0691. The lowest BCUT2D eigenvalue weighted by molar-refractivity contribution is -0.137. The van der Waals surface area contributed by atoms with Gasteiger partial charge in [-0.1, -0.05) is 41.4 Å². The number of nitrogens with zero attached hydrogens (tertiary/aromatic N) is 1. The van der Waals surface area contributed by atoms with Crippen LogP contribution in [0.15, 0.2) is 60.7 Å². The Balaban J connectivity index is 1.48. The first kappa shape index (κ1) is 25.0. The van der Waals surface area contributed by atoms with Crippen molar-refractivity contribution < 1.29 is 23.8 Å². The van der Waals surface area contributed by atoms with Gasteiger partial charge in [0.25, 0.3) is 5.91 Å². The van der Waals surface area contributed by atoms with Gasteiger partial charge in [0.2, 0.25) is 0 Å². The third-order valence-corrected chi connectivity index (χ3v) is 6.55. The van der Waals surface area contributed by atoms with Gasteiger partial charge < -0.3 is 14.7 Å². The zero-order valence-corrected chi connectivity index (χ0v) is 20.6. The van der Waals surface area contributed by atoms with Gasteiger partial charge in [0.15, 0.2) is 0 Å². The standard InChI is InChI=1S/C27H24Cl2FNO4/c1-27(14-18-4-8-22(29)23(30)12-18)15-20-13-19(5-9-24(20)35-27)26(34)31(16-25(32)33)11-10-17-2-6-21(28)7-3-17/h2-9,12-13H,10-11,14-16H2,1H3,(H,32,33)/t27-/m0/s1. The zero-order valence-electron chi connectivity index (χ0n) is 19.1. The number of amides is 1. The van der Waals surface area contributed by atoms with Crippen LogP contribution in [0.25, 0.3) is 0 Å². The molecule has 8 heteroatoms. The summed E-state index contributed by atoms with van der Waals surface area (Å²) in [6.07, 6.45) is 1.49. The van der Waals surface area contributed by atoms with Gasteiger partial charge in [0.1, 0.15) is 23.7 Å². The number of carboxylic acid groups (broad SMARTS) is 1. The van der Waals surface area contributed by atoms with E-state index in [1.807, 2.05) is 19.1 Å². The van der Waals surface area contributed by atoms with Crippen LogP contribution in [0.3, 0.4) is 0 Å². The molecule has 0 saturated heterocycles. The second-order valence-corrected chi connectivity index (χ2v) is 9.82. The maximum atomic E-state index is 13.9. The first-order chi connectivity index (χ1) is 16.6. The highest BCUT2D eigenvalue weighted by atomic mass is 35.5. The van der Waals surface area contributed by atoms with Gasteiger partial charge in [0, 0.05) is 30.0 Å². The van der Waals surface area contributed by atoms with Crippen molar-refractivity contribution in [2.24, 2.45) is 0 Å². The molecule has 182 valence electrons. The van der Waals surface area contributed by atoms with Crippen LogP contribution < -0.4 is 4.74 Å². The number of hydrogen-bond acceptors (Lipinski definition) is 3. The molecule has 3 aromatic rings. The first-order valence-electron chi connectivity index (χ1n) is 11.1. The summed E-state index contributed by atoms with van der Waals surface area (Å²) in [5.74, 6) is -1.27. The largest absolute Gasteiger partial charge is 0.487 e. The van der Waals surface area contributed by atoms with E-state index in [9.17, 15) is 19.1 Å². The minimum atomic E-state index is -1.08. The van der Waals surface area contributed by atoms with Crippen LogP contribution in [0.2, 0.25) is 10.0 Å². The number of carbonyl (C=O) groups excluding carboxylic acids is 1. The number of halogens is 3. The van der Waals surface area contributed by atoms with E-state index in [1.165, 1.54) is 17.0 Å². The van der Waals surface area contributed by atoms with Crippen LogP contribution in [0.1, 0.15) is 34.0 Å². The van der Waals surface area contributed by atoms with E-state index in [-0.39, 0.29) is 17.5 Å². The summed E-state index contributed by atoms with van der Waals surface area (Å²) in [5, 5.41) is 10.0. The summed E-state index contributed by atoms with van der Waals surface area (Å²) in [6, 6.07) is 17.0. The number of hydrogen-bond donors (Lipinski definition) is 1. The molecule has 0 saturated carbocycles. The van der Waals surface area contributed by atoms with Crippen molar-refractivity contribution in [3.63, 3.8) is 0 Å². The quantitative estimate of drug-likeness (QED) is 0.409. The Hall–Kier alpha value is -3.09. The average Bonchev–Trinajstić information content (AvgIpc) is 3.14. The van der Waals surface area contributed by atoms with E-state index < -0.39 is 23.9 Å². The van der Waals surface area contributed by atoms with Crippen LogP contribution in [0.5, 0.6) is 5.75 Å². The summed E-state index contributed by atoms with van der Waals surface area (Å²) in [5.41, 5.74) is 2.34. The highest BCUT2D eigenvalue weighted by Crippen LogP contribution is 2.38. The van der Waals surface area contributed by atoms with Gasteiger partial charge in [-0.15, -0.1) is 0 Å². The van der Waals surface area contributed by atoms with E-state index in [0.29, 0.717) is 35.6 Å². The van der Waals surface area contributed by atoms with Gasteiger partial charge in [-0.2, -0.15) is 0 Å². The first-order valence-corrected chi connectivity index (χ1v) is 11.9. The van der Waals surface area contributed by atoms with Crippen LogP contribution in [-0.4, -0.2) is 40.6 Å². The molecule has 1 atom stereocenters. The zero-order chi connectivity index (χ0) is 25.2. The predicted molar refractivity (Wildman–Crippen MR) is 133 cm³/mol. The normalized spacial score (nSPS) is 16.5. The molecule has 5 nitrogen and oxygen atoms in total. The number of rotatable bonds is 8. The predicted octanol–water partition coefficient (Wildman–Crippen LogP) is 5.84. The van der Waals surface area contributed by atoms with Gasteiger partial charge >= 0.3 is 5.97 Å². The third-order valence-electron chi connectivity index (χ3n) is 5.99. The molecule has 0 aliphatic carbocycles. The topological polar surface area (TPSA) is 66.8 Å². The third kappa shape index (κ3) is 6.13. The van der Waals surface area contributed by atoms with Gasteiger partial charge in [-0.3, -0.25) is 9.59 Å². The molecular weight excluding hydrogens is 492 g/mol. The van der Waals surface area contributed by atoms with Crippen LogP contribution in [0, 0.1) is 5.82 Å². The fraction of sp³-hybridized carbons (Fsp3) is 0.259. The molecule has 1 aliphatic rings. The van der Waals surface area contributed by atoms with Crippen LogP contribution in [-0.2, 0) is 24.1 Å². The Kier molecular flexibility index (Phi) is 7.33. The highest BCUT2D eigenvalue weighted by Gasteiger charge is 2.36. The van der Waals surface area contributed by atoms with Crippen molar-refractivity contribution in [3.8, 4) is 5.75 Å². The maximum absolute atomic E-state index is 13.9. The average molecular weight is 516 g/mol. The molecule has 3 aromatic carbocycles. The molecule has 1 amide bonds. The minimum Gasteiger partial charge on any atom is -0.487 e. The lowest BCUT2D eigenvalue weighted by Crippen LogP contribution is -2.37. The molecule has 35 heavy (non-hydrogen) atoms. The molecule has 0 bridgehead atoms. The maximum Gasteiger partial charge on any atom is 0.323 e. The van der Waals surface area contributed by atoms with Crippen molar-refractivity contribution in [3.05, 3.63) is 98.8 Å². The van der Waals surface area contributed by atoms with E-state index in [2.05, 4.69) is 0 Å². The monoisotopic (exact) mass is 515 g/mol. The van der Waals surface area contributed by atoms with Crippen molar-refractivity contribution in [2.45, 2.75) is 31.8 Å². The molecule has 1 aliphatic heterocycles. The Morgan fingerprint density at radius 1 is 1.06 bits per heavy atom. The van der Waals surface area contributed by atoms with E-state index in [0.717, 1.165) is 16.7 Å². The SMILES string of the molecule is C[C@]1(Cc2ccc(Cl)c(F)c2)Cc2cc(C(=O)N(CCc3ccc(Cl)cc3)CC(=O)O)ccc2O1. The van der Waals surface area contributed by atoms with Crippen LogP contribution in [0.4, 0.5) is 4.39 Å². The summed E-state index contributed by atoms with van der Waals surface area (Å²) in [6.45, 7) is 1.78. The molecule has 0 radical (unpaired) electrons. The van der Waals surface area contributed by atoms with Crippen molar-refractivity contribution in [2.75, 3.05) is 13.1 Å². The lowest BCUT2D eigenvalue weighted by atomic mass is 9.91. The number of carboxylic acids is 1.